The molecule has 1 rings (SSSR count). The molecule has 1 unspecified atom stereocenters. The highest BCUT2D eigenvalue weighted by molar-refractivity contribution is 6.30. The normalized spacial score (nSPS) is 11.6. The summed E-state index contributed by atoms with van der Waals surface area (Å²) in [5.41, 5.74) is 1.15. The molecule has 4 nitrogen and oxygen atoms in total. The van der Waals surface area contributed by atoms with Crippen LogP contribution in [0, 0.1) is 17.2 Å². The third-order valence-electron chi connectivity index (χ3n) is 2.72. The van der Waals surface area contributed by atoms with Crippen molar-refractivity contribution >= 4 is 23.3 Å². The molecule has 1 aromatic rings. The predicted molar refractivity (Wildman–Crippen MR) is 70.7 cm³/mol. The first-order valence-electron chi connectivity index (χ1n) is 5.72. The number of hydrogen-bond acceptors (Lipinski definition) is 3. The van der Waals surface area contributed by atoms with Crippen LogP contribution in [0.1, 0.15) is 25.3 Å². The molecule has 0 heterocycles. The third kappa shape index (κ3) is 4.27. The monoisotopic (exact) mass is 266 g/mol. The van der Waals surface area contributed by atoms with Crippen LogP contribution in [0.2, 0.25) is 5.02 Å². The fourth-order valence-electron chi connectivity index (χ4n) is 1.63. The highest BCUT2D eigenvalue weighted by Crippen LogP contribution is 2.20. The molecule has 2 N–H and O–H groups in total. The van der Waals surface area contributed by atoms with Crippen LogP contribution in [-0.2, 0) is 4.79 Å². The van der Waals surface area contributed by atoms with E-state index in [2.05, 4.69) is 11.4 Å². The van der Waals surface area contributed by atoms with Gasteiger partial charge in [-0.25, -0.2) is 0 Å². The van der Waals surface area contributed by atoms with E-state index in [1.165, 1.54) is 0 Å². The first-order chi connectivity index (χ1) is 8.56. The van der Waals surface area contributed by atoms with Crippen LogP contribution in [0.25, 0.3) is 0 Å². The Balaban J connectivity index is 2.68. The van der Waals surface area contributed by atoms with E-state index in [4.69, 9.17) is 22.0 Å². The molecule has 1 atom stereocenters. The van der Waals surface area contributed by atoms with Gasteiger partial charge in [0.1, 0.15) is 6.07 Å². The molecule has 18 heavy (non-hydrogen) atoms. The fourth-order valence-corrected chi connectivity index (χ4v) is 1.80. The Morgan fingerprint density at radius 2 is 2.33 bits per heavy atom. The molecular formula is C13H15ClN2O2. The number of benzene rings is 1. The molecule has 0 aliphatic carbocycles. The maximum Gasteiger partial charge on any atom is 0.303 e. The maximum atomic E-state index is 10.7. The van der Waals surface area contributed by atoms with Crippen molar-refractivity contribution < 1.29 is 9.90 Å². The molecule has 0 radical (unpaired) electrons. The summed E-state index contributed by atoms with van der Waals surface area (Å²) in [4.78, 5) is 10.7. The number of halogens is 1. The van der Waals surface area contributed by atoms with E-state index >= 15 is 0 Å². The average molecular weight is 267 g/mol. The van der Waals surface area contributed by atoms with E-state index in [-0.39, 0.29) is 12.3 Å². The van der Waals surface area contributed by atoms with Gasteiger partial charge >= 0.3 is 5.97 Å². The fraction of sp³-hybridized carbons (Fsp3) is 0.385. The van der Waals surface area contributed by atoms with E-state index in [0.717, 1.165) is 6.42 Å². The van der Waals surface area contributed by atoms with Crippen LogP contribution in [0.3, 0.4) is 0 Å². The van der Waals surface area contributed by atoms with E-state index in [0.29, 0.717) is 22.8 Å². The molecule has 96 valence electrons. The van der Waals surface area contributed by atoms with Crippen LogP contribution < -0.4 is 5.32 Å². The number of hydrogen-bond donors (Lipinski definition) is 2. The Labute approximate surface area is 111 Å². The van der Waals surface area contributed by atoms with Crippen molar-refractivity contribution in [3.63, 3.8) is 0 Å². The molecular weight excluding hydrogens is 252 g/mol. The van der Waals surface area contributed by atoms with E-state index < -0.39 is 5.97 Å². The molecule has 0 aromatic heterocycles. The van der Waals surface area contributed by atoms with Gasteiger partial charge in [0.25, 0.3) is 0 Å². The zero-order chi connectivity index (χ0) is 13.5. The lowest BCUT2D eigenvalue weighted by atomic mass is 10.0. The van der Waals surface area contributed by atoms with Crippen molar-refractivity contribution in [2.75, 3.05) is 11.9 Å². The maximum absolute atomic E-state index is 10.7. The number of nitrogens with one attached hydrogen (secondary N) is 1. The largest absolute Gasteiger partial charge is 0.481 e. The first kappa shape index (κ1) is 14.3. The molecule has 5 heteroatoms. The Morgan fingerprint density at radius 3 is 2.89 bits per heavy atom. The number of anilines is 1. The topological polar surface area (TPSA) is 73.1 Å². The quantitative estimate of drug-likeness (QED) is 0.830. The van der Waals surface area contributed by atoms with Gasteiger partial charge in [-0.15, -0.1) is 0 Å². The molecule has 0 aliphatic heterocycles. The van der Waals surface area contributed by atoms with Gasteiger partial charge in [-0.3, -0.25) is 4.79 Å². The first-order valence-corrected chi connectivity index (χ1v) is 6.10. The minimum absolute atomic E-state index is 0.0460. The summed E-state index contributed by atoms with van der Waals surface area (Å²) in [5, 5.41) is 21.3. The van der Waals surface area contributed by atoms with Gasteiger partial charge in [-0.2, -0.15) is 5.26 Å². The van der Waals surface area contributed by atoms with Gasteiger partial charge in [0.2, 0.25) is 0 Å². The lowest BCUT2D eigenvalue weighted by Crippen LogP contribution is -2.17. The molecule has 0 amide bonds. The van der Waals surface area contributed by atoms with Gasteiger partial charge < -0.3 is 10.4 Å². The molecule has 0 saturated heterocycles. The van der Waals surface area contributed by atoms with Gasteiger partial charge in [0.15, 0.2) is 0 Å². The Hall–Kier alpha value is -1.73. The van der Waals surface area contributed by atoms with Crippen molar-refractivity contribution in [3.8, 4) is 6.07 Å². The predicted octanol–water partition coefficient (Wildman–Crippen LogP) is 3.12. The smallest absolute Gasteiger partial charge is 0.303 e. The molecule has 0 spiro atoms. The minimum Gasteiger partial charge on any atom is -0.481 e. The molecule has 0 saturated carbocycles. The van der Waals surface area contributed by atoms with Crippen molar-refractivity contribution in [3.05, 3.63) is 28.8 Å². The zero-order valence-corrected chi connectivity index (χ0v) is 10.9. The number of nitriles is 1. The summed E-state index contributed by atoms with van der Waals surface area (Å²) >= 11 is 5.80. The number of carboxylic acids is 1. The number of carbonyl (C=O) groups is 1. The van der Waals surface area contributed by atoms with Crippen LogP contribution in [-0.4, -0.2) is 17.6 Å². The Kier molecular flexibility index (Phi) is 5.47. The second-order valence-electron chi connectivity index (χ2n) is 4.05. The minimum atomic E-state index is -0.805. The summed E-state index contributed by atoms with van der Waals surface area (Å²) in [5.74, 6) is -0.759. The van der Waals surface area contributed by atoms with E-state index in [9.17, 15) is 4.79 Å². The number of nitrogens with zero attached hydrogens (tertiary/aromatic N) is 1. The van der Waals surface area contributed by atoms with Crippen LogP contribution in [0.15, 0.2) is 18.2 Å². The lowest BCUT2D eigenvalue weighted by Gasteiger charge is -2.15. The van der Waals surface area contributed by atoms with Gasteiger partial charge in [-0.1, -0.05) is 24.9 Å². The highest BCUT2D eigenvalue weighted by atomic mass is 35.5. The van der Waals surface area contributed by atoms with Crippen LogP contribution in [0.4, 0.5) is 5.69 Å². The molecule has 0 aliphatic rings. The number of rotatable bonds is 6. The SMILES string of the molecule is CCC(CNc1ccc(Cl)cc1C#N)CC(=O)O. The van der Waals surface area contributed by atoms with Crippen LogP contribution >= 0.6 is 11.6 Å². The van der Waals surface area contributed by atoms with Gasteiger partial charge in [0.05, 0.1) is 11.3 Å². The number of carboxylic acid groups (broad SMARTS) is 1. The zero-order valence-electron chi connectivity index (χ0n) is 10.1. The third-order valence-corrected chi connectivity index (χ3v) is 2.96. The second kappa shape index (κ2) is 6.87. The molecule has 1 aromatic carbocycles. The Bertz CT molecular complexity index is 469. The summed E-state index contributed by atoms with van der Waals surface area (Å²) in [6, 6.07) is 7.07. The standard InChI is InChI=1S/C13H15ClN2O2/c1-2-9(5-13(17)18)8-16-12-4-3-11(14)6-10(12)7-15/h3-4,6,9,16H,2,5,8H2,1H3,(H,17,18). The van der Waals surface area contributed by atoms with Gasteiger partial charge in [0, 0.05) is 18.0 Å². The summed E-state index contributed by atoms with van der Waals surface area (Å²) < 4.78 is 0. The van der Waals surface area contributed by atoms with Crippen molar-refractivity contribution in [1.82, 2.24) is 0 Å². The van der Waals surface area contributed by atoms with E-state index in [1.807, 2.05) is 6.92 Å². The Morgan fingerprint density at radius 1 is 1.61 bits per heavy atom. The lowest BCUT2D eigenvalue weighted by molar-refractivity contribution is -0.138. The summed E-state index contributed by atoms with van der Waals surface area (Å²) in [6.45, 7) is 2.47. The van der Waals surface area contributed by atoms with E-state index in [1.54, 1.807) is 18.2 Å². The summed E-state index contributed by atoms with van der Waals surface area (Å²) in [6.07, 6.45) is 0.897. The number of aliphatic carboxylic acids is 1. The molecule has 0 bridgehead atoms. The van der Waals surface area contributed by atoms with Crippen molar-refractivity contribution in [2.45, 2.75) is 19.8 Å². The van der Waals surface area contributed by atoms with Crippen molar-refractivity contribution in [2.24, 2.45) is 5.92 Å². The van der Waals surface area contributed by atoms with Crippen molar-refractivity contribution in [1.29, 1.82) is 5.26 Å². The van der Waals surface area contributed by atoms with Crippen LogP contribution in [0.5, 0.6) is 0 Å². The highest BCUT2D eigenvalue weighted by Gasteiger charge is 2.11. The summed E-state index contributed by atoms with van der Waals surface area (Å²) in [7, 11) is 0. The average Bonchev–Trinajstić information content (AvgIpc) is 2.34. The molecule has 0 fully saturated rings. The second-order valence-corrected chi connectivity index (χ2v) is 4.49. The van der Waals surface area contributed by atoms with Gasteiger partial charge in [-0.05, 0) is 24.1 Å².